The van der Waals surface area contributed by atoms with Crippen molar-refractivity contribution < 1.29 is 14.1 Å². The molecule has 1 saturated heterocycles. The maximum absolute atomic E-state index is 11.7. The third-order valence-electron chi connectivity index (χ3n) is 3.31. The molecule has 21 heavy (non-hydrogen) atoms. The van der Waals surface area contributed by atoms with Crippen molar-refractivity contribution in [3.63, 3.8) is 0 Å². The molecule has 0 saturated carbocycles. The number of aromatic nitrogens is 2. The minimum Gasteiger partial charge on any atom is -0.444 e. The number of carbonyl (C=O) groups excluding carboxylic acids is 1. The first-order valence-corrected chi connectivity index (χ1v) is 7.37. The zero-order valence-corrected chi connectivity index (χ0v) is 13.0. The molecule has 1 N–H and O–H groups in total. The van der Waals surface area contributed by atoms with E-state index in [0.717, 1.165) is 25.9 Å². The van der Waals surface area contributed by atoms with Gasteiger partial charge in [-0.2, -0.15) is 4.98 Å². The van der Waals surface area contributed by atoms with Crippen LogP contribution in [0, 0.1) is 5.92 Å². The minimum absolute atomic E-state index is 0.349. The van der Waals surface area contributed by atoms with E-state index in [0.29, 0.717) is 24.8 Å². The summed E-state index contributed by atoms with van der Waals surface area (Å²) in [5.41, 5.74) is -0.457. The van der Waals surface area contributed by atoms with Gasteiger partial charge in [-0.05, 0) is 46.1 Å². The summed E-state index contributed by atoms with van der Waals surface area (Å²) in [5, 5.41) is 6.68. The molecule has 1 atom stereocenters. The Bertz CT molecular complexity index is 442. The van der Waals surface area contributed by atoms with Gasteiger partial charge in [-0.25, -0.2) is 4.79 Å². The number of nitrogens with zero attached hydrogens (tertiary/aromatic N) is 3. The molecule has 1 aliphatic heterocycles. The molecule has 1 aliphatic rings. The molecule has 1 aromatic heterocycles. The fraction of sp³-hybridized carbons (Fsp3) is 0.786. The number of likely N-dealkylation sites (tertiary alicyclic amines) is 1. The van der Waals surface area contributed by atoms with Crippen LogP contribution in [0.1, 0.15) is 39.4 Å². The second kappa shape index (κ2) is 6.89. The van der Waals surface area contributed by atoms with Crippen LogP contribution in [0.2, 0.25) is 0 Å². The van der Waals surface area contributed by atoms with Gasteiger partial charge in [0, 0.05) is 13.1 Å². The second-order valence-electron chi connectivity index (χ2n) is 6.47. The molecule has 0 aromatic carbocycles. The number of piperidine rings is 1. The summed E-state index contributed by atoms with van der Waals surface area (Å²) in [6, 6.07) is 0. The van der Waals surface area contributed by atoms with Crippen molar-refractivity contribution in [1.82, 2.24) is 20.4 Å². The Morgan fingerprint density at radius 2 is 2.38 bits per heavy atom. The molecule has 7 heteroatoms. The van der Waals surface area contributed by atoms with Gasteiger partial charge in [0.15, 0.2) is 5.82 Å². The van der Waals surface area contributed by atoms with E-state index in [4.69, 9.17) is 9.26 Å². The van der Waals surface area contributed by atoms with Crippen molar-refractivity contribution in [2.24, 2.45) is 5.92 Å². The van der Waals surface area contributed by atoms with Gasteiger partial charge in [-0.15, -0.1) is 0 Å². The molecule has 0 spiro atoms. The number of rotatable bonds is 4. The average molecular weight is 296 g/mol. The average Bonchev–Trinajstić information content (AvgIpc) is 2.88. The first-order chi connectivity index (χ1) is 9.92. The Labute approximate surface area is 125 Å². The van der Waals surface area contributed by atoms with Crippen LogP contribution in [0.3, 0.4) is 0 Å². The summed E-state index contributed by atoms with van der Waals surface area (Å²) in [6.45, 7) is 8.86. The van der Waals surface area contributed by atoms with Gasteiger partial charge < -0.3 is 14.6 Å². The summed E-state index contributed by atoms with van der Waals surface area (Å²) in [4.78, 5) is 18.0. The van der Waals surface area contributed by atoms with Crippen LogP contribution in [-0.2, 0) is 11.3 Å². The number of alkyl carbamates (subject to hydrolysis) is 1. The van der Waals surface area contributed by atoms with Gasteiger partial charge in [-0.1, -0.05) is 5.16 Å². The van der Waals surface area contributed by atoms with Crippen LogP contribution < -0.4 is 5.32 Å². The Hall–Kier alpha value is -1.63. The van der Waals surface area contributed by atoms with E-state index in [1.54, 1.807) is 0 Å². The number of hydrogen-bond acceptors (Lipinski definition) is 6. The van der Waals surface area contributed by atoms with Crippen molar-refractivity contribution in [3.05, 3.63) is 12.2 Å². The zero-order chi connectivity index (χ0) is 15.3. The first-order valence-electron chi connectivity index (χ1n) is 7.37. The van der Waals surface area contributed by atoms with Crippen molar-refractivity contribution >= 4 is 6.09 Å². The monoisotopic (exact) mass is 296 g/mol. The highest BCUT2D eigenvalue weighted by molar-refractivity contribution is 5.67. The predicted molar refractivity (Wildman–Crippen MR) is 76.5 cm³/mol. The SMILES string of the molecule is CC(C)(C)OC(=O)NC[C@H]1CCCN(Cc2ncon2)C1. The van der Waals surface area contributed by atoms with E-state index in [-0.39, 0.29) is 6.09 Å². The Kier molecular flexibility index (Phi) is 5.17. The smallest absolute Gasteiger partial charge is 0.407 e. The van der Waals surface area contributed by atoms with E-state index in [9.17, 15) is 4.79 Å². The van der Waals surface area contributed by atoms with E-state index < -0.39 is 5.60 Å². The Morgan fingerprint density at radius 1 is 1.57 bits per heavy atom. The number of carbonyl (C=O) groups is 1. The lowest BCUT2D eigenvalue weighted by atomic mass is 9.98. The van der Waals surface area contributed by atoms with Gasteiger partial charge in [0.05, 0.1) is 6.54 Å². The highest BCUT2D eigenvalue weighted by atomic mass is 16.6. The third kappa shape index (κ3) is 5.71. The lowest BCUT2D eigenvalue weighted by Gasteiger charge is -2.32. The maximum Gasteiger partial charge on any atom is 0.407 e. The van der Waals surface area contributed by atoms with Crippen molar-refractivity contribution in [2.75, 3.05) is 19.6 Å². The number of amides is 1. The number of hydrogen-bond donors (Lipinski definition) is 1. The molecule has 0 radical (unpaired) electrons. The minimum atomic E-state index is -0.457. The highest BCUT2D eigenvalue weighted by Crippen LogP contribution is 2.17. The Balaban J connectivity index is 1.72. The normalized spacial score (nSPS) is 20.2. The molecule has 7 nitrogen and oxygen atoms in total. The van der Waals surface area contributed by atoms with Gasteiger partial charge in [0.2, 0.25) is 6.39 Å². The molecule has 0 aliphatic carbocycles. The molecular formula is C14H24N4O3. The summed E-state index contributed by atoms with van der Waals surface area (Å²) < 4.78 is 9.99. The fourth-order valence-electron chi connectivity index (χ4n) is 2.47. The maximum atomic E-state index is 11.7. The van der Waals surface area contributed by atoms with Crippen molar-refractivity contribution in [2.45, 2.75) is 45.8 Å². The lowest BCUT2D eigenvalue weighted by Crippen LogP contribution is -2.42. The summed E-state index contributed by atoms with van der Waals surface area (Å²) in [6.07, 6.45) is 3.22. The van der Waals surface area contributed by atoms with Crippen LogP contribution in [0.5, 0.6) is 0 Å². The van der Waals surface area contributed by atoms with Crippen molar-refractivity contribution in [3.8, 4) is 0 Å². The number of nitrogens with one attached hydrogen (secondary N) is 1. The van der Waals surface area contributed by atoms with Crippen molar-refractivity contribution in [1.29, 1.82) is 0 Å². The van der Waals surface area contributed by atoms with Gasteiger partial charge in [0.1, 0.15) is 5.60 Å². The molecule has 1 fully saturated rings. The lowest BCUT2D eigenvalue weighted by molar-refractivity contribution is 0.0505. The van der Waals surface area contributed by atoms with E-state index >= 15 is 0 Å². The molecule has 0 unspecified atom stereocenters. The van der Waals surface area contributed by atoms with Crippen LogP contribution >= 0.6 is 0 Å². The predicted octanol–water partition coefficient (Wildman–Crippen LogP) is 1.81. The van der Waals surface area contributed by atoms with Gasteiger partial charge >= 0.3 is 6.09 Å². The summed E-state index contributed by atoms with van der Waals surface area (Å²) in [5.74, 6) is 1.13. The topological polar surface area (TPSA) is 80.5 Å². The van der Waals surface area contributed by atoms with Crippen LogP contribution in [0.15, 0.2) is 10.9 Å². The first kappa shape index (κ1) is 15.8. The standard InChI is InChI=1S/C14H24N4O3/c1-14(2,3)21-13(19)15-7-11-5-4-6-18(8-11)9-12-16-10-20-17-12/h10-11H,4-9H2,1-3H3,(H,15,19)/t11-/m1/s1. The van der Waals surface area contributed by atoms with E-state index in [1.807, 2.05) is 20.8 Å². The van der Waals surface area contributed by atoms with Gasteiger partial charge in [0.25, 0.3) is 0 Å². The highest BCUT2D eigenvalue weighted by Gasteiger charge is 2.22. The molecule has 1 amide bonds. The summed E-state index contributed by atoms with van der Waals surface area (Å²) >= 11 is 0. The Morgan fingerprint density at radius 3 is 3.05 bits per heavy atom. The fourth-order valence-corrected chi connectivity index (χ4v) is 2.47. The van der Waals surface area contributed by atoms with Crippen LogP contribution in [0.4, 0.5) is 4.79 Å². The molecule has 2 rings (SSSR count). The second-order valence-corrected chi connectivity index (χ2v) is 6.47. The molecule has 0 bridgehead atoms. The quantitative estimate of drug-likeness (QED) is 0.912. The van der Waals surface area contributed by atoms with E-state index in [1.165, 1.54) is 6.39 Å². The van der Waals surface area contributed by atoms with E-state index in [2.05, 4.69) is 20.4 Å². The molecule has 2 heterocycles. The van der Waals surface area contributed by atoms with Crippen LogP contribution in [-0.4, -0.2) is 46.4 Å². The third-order valence-corrected chi connectivity index (χ3v) is 3.31. The molecule has 1 aromatic rings. The molecular weight excluding hydrogens is 272 g/mol. The summed E-state index contributed by atoms with van der Waals surface area (Å²) in [7, 11) is 0. The zero-order valence-electron chi connectivity index (χ0n) is 13.0. The largest absolute Gasteiger partial charge is 0.444 e. The van der Waals surface area contributed by atoms with Gasteiger partial charge in [-0.3, -0.25) is 4.90 Å². The van der Waals surface area contributed by atoms with Crippen LogP contribution in [0.25, 0.3) is 0 Å². The molecule has 118 valence electrons. The number of ether oxygens (including phenoxy) is 1.